The molecule has 5 atom stereocenters. The number of phenols is 1. The predicted octanol–water partition coefficient (Wildman–Crippen LogP) is 3.41. The Balaban J connectivity index is 1.56. The molecule has 3 aliphatic carbocycles. The first-order valence-electron chi connectivity index (χ1n) is 9.80. The lowest BCUT2D eigenvalue weighted by Crippen LogP contribution is -2.70. The minimum Gasteiger partial charge on any atom is -0.633 e. The Morgan fingerprint density at radius 1 is 1.32 bits per heavy atom. The van der Waals surface area contributed by atoms with E-state index in [1.54, 1.807) is 6.07 Å². The van der Waals surface area contributed by atoms with Gasteiger partial charge < -0.3 is 19.7 Å². The molecule has 6 rings (SSSR count). The number of likely N-dealkylation sites (tertiary alicyclic amines) is 1. The van der Waals surface area contributed by atoms with Gasteiger partial charge in [0, 0.05) is 30.2 Å². The molecule has 4 nitrogen and oxygen atoms in total. The molecule has 5 aliphatic rings. The number of rotatable bonds is 2. The molecule has 2 aliphatic heterocycles. The highest BCUT2D eigenvalue weighted by molar-refractivity contribution is 5.61. The first-order valence-corrected chi connectivity index (χ1v) is 9.80. The van der Waals surface area contributed by atoms with E-state index < -0.39 is 0 Å². The number of ether oxygens (including phenoxy) is 1. The van der Waals surface area contributed by atoms with Crippen molar-refractivity contribution in [3.05, 3.63) is 40.6 Å². The molecule has 2 unspecified atom stereocenters. The molecule has 3 fully saturated rings. The molecule has 0 amide bonds. The summed E-state index contributed by atoms with van der Waals surface area (Å²) < 4.78 is 6.33. The molecule has 2 heterocycles. The van der Waals surface area contributed by atoms with E-state index in [0.29, 0.717) is 24.1 Å². The second-order valence-electron chi connectivity index (χ2n) is 9.11. The van der Waals surface area contributed by atoms with E-state index in [1.807, 2.05) is 6.07 Å². The van der Waals surface area contributed by atoms with E-state index in [1.165, 1.54) is 24.0 Å². The molecule has 1 N–H and O–H groups in total. The molecule has 1 aromatic carbocycles. The Bertz CT molecular complexity index is 801. The van der Waals surface area contributed by atoms with Gasteiger partial charge in [0.25, 0.3) is 0 Å². The van der Waals surface area contributed by atoms with Crippen molar-refractivity contribution in [2.45, 2.75) is 56.1 Å². The van der Waals surface area contributed by atoms with Crippen LogP contribution in [0.3, 0.4) is 0 Å². The van der Waals surface area contributed by atoms with Gasteiger partial charge in [-0.1, -0.05) is 12.6 Å². The normalized spacial score (nSPS) is 43.6. The number of nitrogens with zero attached hydrogens (tertiary/aromatic N) is 1. The molecule has 4 heteroatoms. The van der Waals surface area contributed by atoms with Crippen molar-refractivity contribution in [1.29, 1.82) is 0 Å². The van der Waals surface area contributed by atoms with Crippen LogP contribution in [0.5, 0.6) is 11.5 Å². The third-order valence-corrected chi connectivity index (χ3v) is 7.87. The highest BCUT2D eigenvalue weighted by Crippen LogP contribution is 2.65. The van der Waals surface area contributed by atoms with Gasteiger partial charge in [-0.25, -0.2) is 0 Å². The maximum Gasteiger partial charge on any atom is 0.166 e. The van der Waals surface area contributed by atoms with Crippen LogP contribution < -0.4 is 4.74 Å². The first-order chi connectivity index (χ1) is 12.0. The van der Waals surface area contributed by atoms with Crippen LogP contribution in [0.4, 0.5) is 0 Å². The fourth-order valence-corrected chi connectivity index (χ4v) is 6.67. The molecule has 0 aromatic heterocycles. The standard InChI is InChI=1S/C21H25NO3/c1-12-2-6-15-16-10-14-5-7-17(23)19-18(14)21(15,20(12)25-19)8-9-22(16,24)11-13-3-4-13/h5,7,13,15-16,20,23H,1-4,6,8-11H2/t15?,16-,20+,21+,22?/m1/s1. The molecule has 25 heavy (non-hydrogen) atoms. The second-order valence-corrected chi connectivity index (χ2v) is 9.11. The number of quaternary nitrogens is 1. The van der Waals surface area contributed by atoms with E-state index in [-0.39, 0.29) is 28.0 Å². The monoisotopic (exact) mass is 339 g/mol. The van der Waals surface area contributed by atoms with Gasteiger partial charge in [0.1, 0.15) is 6.10 Å². The lowest BCUT2D eigenvalue weighted by Gasteiger charge is -2.64. The van der Waals surface area contributed by atoms with Gasteiger partial charge in [0.05, 0.1) is 24.5 Å². The Labute approximate surface area is 148 Å². The van der Waals surface area contributed by atoms with Crippen molar-refractivity contribution in [2.24, 2.45) is 11.8 Å². The molecule has 1 spiro atoms. The van der Waals surface area contributed by atoms with Gasteiger partial charge in [0.2, 0.25) is 0 Å². The van der Waals surface area contributed by atoms with Crippen molar-refractivity contribution in [1.82, 2.24) is 0 Å². The summed E-state index contributed by atoms with van der Waals surface area (Å²) in [5.74, 6) is 1.95. The van der Waals surface area contributed by atoms with Crippen molar-refractivity contribution in [2.75, 3.05) is 13.1 Å². The highest BCUT2D eigenvalue weighted by atomic mass is 16.5. The van der Waals surface area contributed by atoms with Crippen LogP contribution in [0.15, 0.2) is 24.3 Å². The van der Waals surface area contributed by atoms with Crippen molar-refractivity contribution < 1.29 is 14.5 Å². The Morgan fingerprint density at radius 2 is 2.16 bits per heavy atom. The number of phenolic OH excluding ortho intramolecular Hbond substituents is 1. The maximum atomic E-state index is 13.9. The predicted molar refractivity (Wildman–Crippen MR) is 94.3 cm³/mol. The van der Waals surface area contributed by atoms with Crippen LogP contribution in [0.2, 0.25) is 0 Å². The SMILES string of the molecule is C=C1CCC2[C@H]3Cc4ccc(O)c5c4[C@@]2(CC[N+]3([O-])CC2CC2)[C@H]1O5. The molecule has 2 saturated carbocycles. The molecule has 2 bridgehead atoms. The van der Waals surface area contributed by atoms with Crippen molar-refractivity contribution in [3.8, 4) is 11.5 Å². The summed E-state index contributed by atoms with van der Waals surface area (Å²) in [6, 6.07) is 3.94. The molecule has 0 radical (unpaired) electrons. The largest absolute Gasteiger partial charge is 0.633 e. The van der Waals surface area contributed by atoms with Crippen LogP contribution in [-0.4, -0.2) is 35.0 Å². The lowest BCUT2D eigenvalue weighted by atomic mass is 9.51. The molecule has 1 saturated heterocycles. The number of piperidine rings is 1. The zero-order valence-corrected chi connectivity index (χ0v) is 14.5. The molecule has 1 aromatic rings. The zero-order valence-electron chi connectivity index (χ0n) is 14.5. The second kappa shape index (κ2) is 4.41. The fourth-order valence-electron chi connectivity index (χ4n) is 6.67. The number of hydrogen-bond acceptors (Lipinski definition) is 3. The Hall–Kier alpha value is -1.52. The minimum atomic E-state index is -0.114. The molecular formula is C21H25NO3. The average molecular weight is 339 g/mol. The van der Waals surface area contributed by atoms with Crippen molar-refractivity contribution in [3.63, 3.8) is 0 Å². The summed E-state index contributed by atoms with van der Waals surface area (Å²) in [6.45, 7) is 5.81. The Kier molecular flexibility index (Phi) is 2.58. The lowest BCUT2D eigenvalue weighted by molar-refractivity contribution is -0.919. The van der Waals surface area contributed by atoms with Crippen LogP contribution in [0, 0.1) is 17.0 Å². The van der Waals surface area contributed by atoms with E-state index in [0.717, 1.165) is 37.8 Å². The number of aromatic hydroxyl groups is 1. The summed E-state index contributed by atoms with van der Waals surface area (Å²) in [5.41, 5.74) is 3.49. The fraction of sp³-hybridized carbons (Fsp3) is 0.619. The third-order valence-electron chi connectivity index (χ3n) is 7.87. The summed E-state index contributed by atoms with van der Waals surface area (Å²) in [7, 11) is 0. The van der Waals surface area contributed by atoms with Gasteiger partial charge in [-0.05, 0) is 42.9 Å². The summed E-state index contributed by atoms with van der Waals surface area (Å²) >= 11 is 0. The smallest absolute Gasteiger partial charge is 0.166 e. The first kappa shape index (κ1) is 14.6. The van der Waals surface area contributed by atoms with Crippen LogP contribution in [0.1, 0.15) is 43.2 Å². The van der Waals surface area contributed by atoms with E-state index >= 15 is 0 Å². The quantitative estimate of drug-likeness (QED) is 0.510. The van der Waals surface area contributed by atoms with Gasteiger partial charge in [0.15, 0.2) is 11.5 Å². The summed E-state index contributed by atoms with van der Waals surface area (Å²) in [6.07, 6.45) is 6.13. The third kappa shape index (κ3) is 1.65. The van der Waals surface area contributed by atoms with Gasteiger partial charge >= 0.3 is 0 Å². The summed E-state index contributed by atoms with van der Waals surface area (Å²) in [4.78, 5) is 0. The van der Waals surface area contributed by atoms with E-state index in [2.05, 4.69) is 6.58 Å². The van der Waals surface area contributed by atoms with Gasteiger partial charge in [-0.15, -0.1) is 0 Å². The van der Waals surface area contributed by atoms with Gasteiger partial charge in [-0.3, -0.25) is 0 Å². The van der Waals surface area contributed by atoms with E-state index in [9.17, 15) is 10.3 Å². The van der Waals surface area contributed by atoms with Crippen molar-refractivity contribution >= 4 is 0 Å². The Morgan fingerprint density at radius 3 is 2.96 bits per heavy atom. The van der Waals surface area contributed by atoms with Gasteiger partial charge in [-0.2, -0.15) is 0 Å². The number of benzene rings is 1. The zero-order chi connectivity index (χ0) is 17.0. The average Bonchev–Trinajstić information content (AvgIpc) is 3.32. The molecule has 132 valence electrons. The highest BCUT2D eigenvalue weighted by Gasteiger charge is 2.67. The topological polar surface area (TPSA) is 52.5 Å². The summed E-state index contributed by atoms with van der Waals surface area (Å²) in [5, 5.41) is 24.3. The maximum absolute atomic E-state index is 13.9. The van der Waals surface area contributed by atoms with Crippen LogP contribution in [0.25, 0.3) is 0 Å². The van der Waals surface area contributed by atoms with E-state index in [4.69, 9.17) is 4.74 Å². The molecular weight excluding hydrogens is 314 g/mol. The number of hydrogen-bond donors (Lipinski definition) is 1. The van der Waals surface area contributed by atoms with Crippen LogP contribution >= 0.6 is 0 Å². The minimum absolute atomic E-state index is 0.00588. The van der Waals surface area contributed by atoms with Crippen LogP contribution in [-0.2, 0) is 11.8 Å². The number of hydroxylamine groups is 3.